The van der Waals surface area contributed by atoms with E-state index in [0.29, 0.717) is 62.3 Å². The van der Waals surface area contributed by atoms with E-state index in [9.17, 15) is 13.2 Å². The average Bonchev–Trinajstić information content (AvgIpc) is 3.08. The predicted octanol–water partition coefficient (Wildman–Crippen LogP) is 2.56. The van der Waals surface area contributed by atoms with Crippen molar-refractivity contribution in [1.82, 2.24) is 24.2 Å². The van der Waals surface area contributed by atoms with Crippen LogP contribution in [0.1, 0.15) is 43.8 Å². The number of carbonyl (C=O) groups excluding carboxylic acids is 1. The molecule has 2 aromatic rings. The molecule has 2 aliphatic heterocycles. The van der Waals surface area contributed by atoms with Gasteiger partial charge in [0.15, 0.2) is 5.82 Å². The van der Waals surface area contributed by atoms with E-state index in [4.69, 9.17) is 16.1 Å². The molecule has 9 nitrogen and oxygen atoms in total. The van der Waals surface area contributed by atoms with Crippen molar-refractivity contribution >= 4 is 27.5 Å². The number of aryl methyl sites for hydroxylation is 1. The second-order valence-electron chi connectivity index (χ2n) is 8.53. The first kappa shape index (κ1) is 24.1. The molecule has 4 rings (SSSR count). The molecule has 1 aromatic carbocycles. The van der Waals surface area contributed by atoms with Crippen LogP contribution in [-0.4, -0.2) is 77.8 Å². The number of likely N-dealkylation sites (tertiary alicyclic amines) is 1. The molecule has 2 fully saturated rings. The lowest BCUT2D eigenvalue weighted by molar-refractivity contribution is -0.131. The minimum atomic E-state index is -3.54. The number of carbonyl (C=O) groups is 1. The van der Waals surface area contributed by atoms with Gasteiger partial charge in [0.1, 0.15) is 0 Å². The van der Waals surface area contributed by atoms with Gasteiger partial charge in [-0.2, -0.15) is 9.29 Å². The summed E-state index contributed by atoms with van der Waals surface area (Å²) in [7, 11) is -3.54. The zero-order valence-electron chi connectivity index (χ0n) is 18.7. The summed E-state index contributed by atoms with van der Waals surface area (Å²) in [5, 5.41) is 4.55. The van der Waals surface area contributed by atoms with Crippen LogP contribution in [0.4, 0.5) is 0 Å². The summed E-state index contributed by atoms with van der Waals surface area (Å²) in [5.41, 5.74) is 0. The Bertz CT molecular complexity index is 1030. The van der Waals surface area contributed by atoms with Gasteiger partial charge in [0.05, 0.1) is 11.4 Å². The Morgan fingerprint density at radius 2 is 1.64 bits per heavy atom. The van der Waals surface area contributed by atoms with Gasteiger partial charge in [-0.15, -0.1) is 0 Å². The molecule has 11 heteroatoms. The number of rotatable bonds is 7. The number of halogens is 1. The van der Waals surface area contributed by atoms with E-state index in [0.717, 1.165) is 25.9 Å². The molecule has 0 radical (unpaired) electrons. The van der Waals surface area contributed by atoms with Crippen molar-refractivity contribution in [3.05, 3.63) is 41.0 Å². The molecule has 0 spiro atoms. The third-order valence-corrected chi connectivity index (χ3v) is 8.33. The fourth-order valence-electron chi connectivity index (χ4n) is 4.23. The minimum absolute atomic E-state index is 0.148. The first-order valence-electron chi connectivity index (χ1n) is 11.5. The van der Waals surface area contributed by atoms with Crippen LogP contribution in [0.3, 0.4) is 0 Å². The van der Waals surface area contributed by atoms with Gasteiger partial charge in [0.2, 0.25) is 21.8 Å². The van der Waals surface area contributed by atoms with Crippen molar-refractivity contribution in [3.8, 4) is 0 Å². The zero-order valence-corrected chi connectivity index (χ0v) is 20.2. The number of benzene rings is 1. The number of sulfonamides is 1. The maximum atomic E-state index is 12.8. The van der Waals surface area contributed by atoms with Crippen LogP contribution in [0, 0.1) is 0 Å². The fourth-order valence-corrected chi connectivity index (χ4v) is 5.78. The normalized spacial score (nSPS) is 18.9. The monoisotopic (exact) mass is 495 g/mol. The summed E-state index contributed by atoms with van der Waals surface area (Å²) in [5.74, 6) is 1.17. The number of amides is 1. The van der Waals surface area contributed by atoms with Crippen molar-refractivity contribution in [3.63, 3.8) is 0 Å². The first-order chi connectivity index (χ1) is 15.9. The highest BCUT2D eigenvalue weighted by atomic mass is 35.5. The van der Waals surface area contributed by atoms with E-state index in [-0.39, 0.29) is 10.8 Å². The van der Waals surface area contributed by atoms with E-state index in [1.54, 1.807) is 12.1 Å². The van der Waals surface area contributed by atoms with Gasteiger partial charge >= 0.3 is 0 Å². The maximum absolute atomic E-state index is 12.8. The van der Waals surface area contributed by atoms with Gasteiger partial charge in [-0.05, 0) is 37.1 Å². The third-order valence-electron chi connectivity index (χ3n) is 6.17. The fraction of sp³-hybridized carbons (Fsp3) is 0.591. The van der Waals surface area contributed by atoms with Crippen molar-refractivity contribution in [2.24, 2.45) is 0 Å². The third kappa shape index (κ3) is 6.32. The molecule has 0 bridgehead atoms. The van der Waals surface area contributed by atoms with E-state index >= 15 is 0 Å². The van der Waals surface area contributed by atoms with Crippen molar-refractivity contribution in [2.45, 2.75) is 50.0 Å². The smallest absolute Gasteiger partial charge is 0.243 e. The average molecular weight is 496 g/mol. The van der Waals surface area contributed by atoms with Crippen molar-refractivity contribution in [2.75, 3.05) is 39.3 Å². The quantitative estimate of drug-likeness (QED) is 0.582. The van der Waals surface area contributed by atoms with Gasteiger partial charge in [-0.25, -0.2) is 8.42 Å². The largest absolute Gasteiger partial charge is 0.343 e. The van der Waals surface area contributed by atoms with Gasteiger partial charge in [0, 0.05) is 57.1 Å². The first-order valence-corrected chi connectivity index (χ1v) is 13.3. The van der Waals surface area contributed by atoms with Crippen LogP contribution >= 0.6 is 11.6 Å². The summed E-state index contributed by atoms with van der Waals surface area (Å²) in [4.78, 5) is 21.2. The predicted molar refractivity (Wildman–Crippen MR) is 123 cm³/mol. The van der Waals surface area contributed by atoms with E-state index in [1.165, 1.54) is 29.3 Å². The Kier molecular flexibility index (Phi) is 8.00. The van der Waals surface area contributed by atoms with Gasteiger partial charge in [-0.1, -0.05) is 29.6 Å². The van der Waals surface area contributed by atoms with Crippen LogP contribution in [0.15, 0.2) is 33.7 Å². The Balaban J connectivity index is 1.24. The highest BCUT2D eigenvalue weighted by Gasteiger charge is 2.29. The highest BCUT2D eigenvalue weighted by molar-refractivity contribution is 7.89. The Morgan fingerprint density at radius 3 is 2.30 bits per heavy atom. The number of piperazine rings is 1. The van der Waals surface area contributed by atoms with Crippen LogP contribution in [0.25, 0.3) is 0 Å². The zero-order chi connectivity index (χ0) is 23.3. The van der Waals surface area contributed by atoms with Crippen LogP contribution in [0.5, 0.6) is 0 Å². The molecule has 1 aromatic heterocycles. The molecule has 180 valence electrons. The molecular formula is C22H30ClN5O4S. The molecule has 1 amide bonds. The van der Waals surface area contributed by atoms with Crippen LogP contribution in [-0.2, 0) is 27.8 Å². The summed E-state index contributed by atoms with van der Waals surface area (Å²) in [6.45, 7) is 4.09. The summed E-state index contributed by atoms with van der Waals surface area (Å²) in [6, 6.07) is 6.23. The number of nitrogens with zero attached hydrogens (tertiary/aromatic N) is 5. The Labute approximate surface area is 199 Å². The SMILES string of the molecule is O=C(CCc1nc(CN2CCN(S(=O)(=O)c3ccc(Cl)cc3)CC2)no1)N1CCCCCC1. The van der Waals surface area contributed by atoms with Crippen LogP contribution in [0.2, 0.25) is 5.02 Å². The van der Waals surface area contributed by atoms with E-state index in [2.05, 4.69) is 15.0 Å². The standard InChI is InChI=1S/C22H30ClN5O4S/c23-18-5-7-19(8-6-18)33(30,31)28-15-13-26(14-16-28)17-20-24-21(32-25-20)9-10-22(29)27-11-3-1-2-4-12-27/h5-8H,1-4,9-17H2. The number of hydrogen-bond acceptors (Lipinski definition) is 7. The molecule has 33 heavy (non-hydrogen) atoms. The molecular weight excluding hydrogens is 466 g/mol. The molecule has 2 saturated heterocycles. The van der Waals surface area contributed by atoms with Crippen LogP contribution < -0.4 is 0 Å². The Hall–Kier alpha value is -2.01. The Morgan fingerprint density at radius 1 is 0.970 bits per heavy atom. The molecule has 0 saturated carbocycles. The van der Waals surface area contributed by atoms with Crippen molar-refractivity contribution in [1.29, 1.82) is 0 Å². The molecule has 3 heterocycles. The topological polar surface area (TPSA) is 99.9 Å². The summed E-state index contributed by atoms with van der Waals surface area (Å²) in [6.07, 6.45) is 5.35. The molecule has 0 atom stereocenters. The lowest BCUT2D eigenvalue weighted by Gasteiger charge is -2.33. The molecule has 0 N–H and O–H groups in total. The lowest BCUT2D eigenvalue weighted by atomic mass is 10.2. The summed E-state index contributed by atoms with van der Waals surface area (Å²) < 4.78 is 32.5. The van der Waals surface area contributed by atoms with Gasteiger partial charge in [-0.3, -0.25) is 9.69 Å². The lowest BCUT2D eigenvalue weighted by Crippen LogP contribution is -2.48. The minimum Gasteiger partial charge on any atom is -0.343 e. The van der Waals surface area contributed by atoms with Gasteiger partial charge < -0.3 is 9.42 Å². The number of aromatic nitrogens is 2. The maximum Gasteiger partial charge on any atom is 0.243 e. The van der Waals surface area contributed by atoms with E-state index in [1.807, 2.05) is 4.90 Å². The molecule has 0 aliphatic carbocycles. The molecule has 2 aliphatic rings. The van der Waals surface area contributed by atoms with E-state index < -0.39 is 10.0 Å². The second-order valence-corrected chi connectivity index (χ2v) is 10.9. The highest BCUT2D eigenvalue weighted by Crippen LogP contribution is 2.20. The summed E-state index contributed by atoms with van der Waals surface area (Å²) >= 11 is 5.87. The number of hydrogen-bond donors (Lipinski definition) is 0. The molecule has 0 unspecified atom stereocenters. The van der Waals surface area contributed by atoms with Crippen molar-refractivity contribution < 1.29 is 17.7 Å². The second kappa shape index (κ2) is 10.9. The van der Waals surface area contributed by atoms with Gasteiger partial charge in [0.25, 0.3) is 0 Å².